The summed E-state index contributed by atoms with van der Waals surface area (Å²) in [5, 5.41) is 19.9. The standard InChI is InChI=1S/C26H32N4O4/c31-23(17-27-9-7-19-3-1-2-4-21(19)16-27)18-30-10-8-20-15-22(5-6-24(20)25(30)32)28-11-13-29(14-12-28)26(33)34/h1-6,15,23,31H,7-14,16-18H2,(H,33,34)/t23-/m1/s1. The van der Waals surface area contributed by atoms with E-state index in [1.807, 2.05) is 12.1 Å². The second kappa shape index (κ2) is 9.64. The summed E-state index contributed by atoms with van der Waals surface area (Å²) >= 11 is 0. The van der Waals surface area contributed by atoms with E-state index in [2.05, 4.69) is 40.1 Å². The number of aliphatic hydroxyl groups is 1. The molecule has 0 bridgehead atoms. The third kappa shape index (κ3) is 4.74. The second-order valence-corrected chi connectivity index (χ2v) is 9.51. The summed E-state index contributed by atoms with van der Waals surface area (Å²) in [4.78, 5) is 31.9. The number of benzene rings is 2. The van der Waals surface area contributed by atoms with Gasteiger partial charge in [-0.05, 0) is 47.7 Å². The molecule has 0 aromatic heterocycles. The van der Waals surface area contributed by atoms with E-state index in [1.165, 1.54) is 16.0 Å². The normalized spacial score (nSPS) is 19.6. The summed E-state index contributed by atoms with van der Waals surface area (Å²) in [5.41, 5.74) is 5.48. The molecule has 1 fully saturated rings. The van der Waals surface area contributed by atoms with Crippen molar-refractivity contribution in [2.45, 2.75) is 25.5 Å². The predicted octanol–water partition coefficient (Wildman–Crippen LogP) is 1.90. The number of carbonyl (C=O) groups is 2. The predicted molar refractivity (Wildman–Crippen MR) is 129 cm³/mol. The van der Waals surface area contributed by atoms with Crippen molar-refractivity contribution in [1.82, 2.24) is 14.7 Å². The first-order chi connectivity index (χ1) is 16.5. The van der Waals surface area contributed by atoms with Crippen molar-refractivity contribution >= 4 is 17.7 Å². The van der Waals surface area contributed by atoms with Crippen molar-refractivity contribution in [3.05, 3.63) is 64.7 Å². The number of β-amino-alcohol motifs (C(OH)–C–C–N with tert-alkyl or cyclic N) is 1. The van der Waals surface area contributed by atoms with Crippen LogP contribution in [0.2, 0.25) is 0 Å². The van der Waals surface area contributed by atoms with Gasteiger partial charge in [-0.3, -0.25) is 9.69 Å². The Labute approximate surface area is 200 Å². The van der Waals surface area contributed by atoms with Crippen LogP contribution in [-0.2, 0) is 19.4 Å². The fraction of sp³-hybridized carbons (Fsp3) is 0.462. The van der Waals surface area contributed by atoms with Crippen molar-refractivity contribution in [2.75, 3.05) is 57.3 Å². The lowest BCUT2D eigenvalue weighted by atomic mass is 9.97. The molecule has 0 unspecified atom stereocenters. The number of fused-ring (bicyclic) bond motifs is 2. The van der Waals surface area contributed by atoms with Gasteiger partial charge in [-0.25, -0.2) is 4.79 Å². The van der Waals surface area contributed by atoms with Gasteiger partial charge in [0.05, 0.1) is 6.10 Å². The van der Waals surface area contributed by atoms with E-state index < -0.39 is 12.2 Å². The summed E-state index contributed by atoms with van der Waals surface area (Å²) < 4.78 is 0. The maximum absolute atomic E-state index is 13.1. The Morgan fingerprint density at radius 1 is 0.882 bits per heavy atom. The molecule has 180 valence electrons. The van der Waals surface area contributed by atoms with Gasteiger partial charge in [0.25, 0.3) is 5.91 Å². The molecule has 0 saturated carbocycles. The van der Waals surface area contributed by atoms with E-state index in [0.29, 0.717) is 51.4 Å². The lowest BCUT2D eigenvalue weighted by Crippen LogP contribution is -2.48. The van der Waals surface area contributed by atoms with Crippen LogP contribution in [0.5, 0.6) is 0 Å². The number of rotatable bonds is 5. The zero-order valence-electron chi connectivity index (χ0n) is 19.4. The Morgan fingerprint density at radius 3 is 2.38 bits per heavy atom. The number of piperazine rings is 1. The minimum Gasteiger partial charge on any atom is -0.465 e. The molecule has 0 radical (unpaired) electrons. The van der Waals surface area contributed by atoms with E-state index in [0.717, 1.165) is 37.2 Å². The van der Waals surface area contributed by atoms with E-state index in [4.69, 9.17) is 5.11 Å². The Morgan fingerprint density at radius 2 is 1.62 bits per heavy atom. The van der Waals surface area contributed by atoms with Gasteiger partial charge >= 0.3 is 6.09 Å². The zero-order valence-corrected chi connectivity index (χ0v) is 19.4. The van der Waals surface area contributed by atoms with Crippen LogP contribution in [0.3, 0.4) is 0 Å². The SMILES string of the molecule is O=C(O)N1CCN(c2ccc3c(c2)CCN(C[C@H](O)CN2CCc4ccccc4C2)C3=O)CC1. The number of amides is 2. The Bertz CT molecular complexity index is 1070. The first-order valence-corrected chi connectivity index (χ1v) is 12.1. The number of anilines is 1. The van der Waals surface area contributed by atoms with Gasteiger partial charge < -0.3 is 24.9 Å². The minimum absolute atomic E-state index is 0.0217. The number of aliphatic hydroxyl groups excluding tert-OH is 1. The monoisotopic (exact) mass is 464 g/mol. The fourth-order valence-electron chi connectivity index (χ4n) is 5.37. The second-order valence-electron chi connectivity index (χ2n) is 9.51. The highest BCUT2D eigenvalue weighted by Crippen LogP contribution is 2.26. The molecule has 2 aromatic rings. The maximum Gasteiger partial charge on any atom is 0.407 e. The topological polar surface area (TPSA) is 87.6 Å². The van der Waals surface area contributed by atoms with E-state index in [-0.39, 0.29) is 5.91 Å². The van der Waals surface area contributed by atoms with Crippen LogP contribution < -0.4 is 4.90 Å². The molecule has 3 heterocycles. The molecule has 0 spiro atoms. The number of carbonyl (C=O) groups excluding carboxylic acids is 1. The van der Waals surface area contributed by atoms with Crippen LogP contribution in [0.1, 0.15) is 27.0 Å². The lowest BCUT2D eigenvalue weighted by Gasteiger charge is -2.36. The van der Waals surface area contributed by atoms with Gasteiger partial charge in [-0.1, -0.05) is 24.3 Å². The Kier molecular flexibility index (Phi) is 6.43. The lowest BCUT2D eigenvalue weighted by molar-refractivity contribution is 0.0493. The maximum atomic E-state index is 13.1. The molecule has 1 atom stereocenters. The van der Waals surface area contributed by atoms with Gasteiger partial charge in [0.2, 0.25) is 0 Å². The van der Waals surface area contributed by atoms with Crippen molar-refractivity contribution in [2.24, 2.45) is 0 Å². The van der Waals surface area contributed by atoms with Gasteiger partial charge in [0.15, 0.2) is 0 Å². The Balaban J connectivity index is 1.17. The van der Waals surface area contributed by atoms with Crippen LogP contribution in [0.15, 0.2) is 42.5 Å². The highest BCUT2D eigenvalue weighted by Gasteiger charge is 2.28. The molecule has 34 heavy (non-hydrogen) atoms. The molecule has 5 rings (SSSR count). The number of carboxylic acid groups (broad SMARTS) is 1. The van der Waals surface area contributed by atoms with Crippen LogP contribution in [0.25, 0.3) is 0 Å². The zero-order chi connectivity index (χ0) is 23.7. The summed E-state index contributed by atoms with van der Waals surface area (Å²) in [6.07, 6.45) is 0.295. The first-order valence-electron chi connectivity index (χ1n) is 12.1. The Hall–Kier alpha value is -3.10. The number of hydrogen-bond acceptors (Lipinski definition) is 5. The van der Waals surface area contributed by atoms with Gasteiger partial charge in [0, 0.05) is 70.2 Å². The largest absolute Gasteiger partial charge is 0.465 e. The highest BCUT2D eigenvalue weighted by molar-refractivity contribution is 5.97. The smallest absolute Gasteiger partial charge is 0.407 e. The summed E-state index contributed by atoms with van der Waals surface area (Å²) in [6, 6.07) is 14.4. The van der Waals surface area contributed by atoms with Crippen LogP contribution >= 0.6 is 0 Å². The van der Waals surface area contributed by atoms with E-state index in [1.54, 1.807) is 4.90 Å². The average Bonchev–Trinajstić information content (AvgIpc) is 2.85. The third-order valence-corrected chi connectivity index (χ3v) is 7.28. The molecular weight excluding hydrogens is 432 g/mol. The van der Waals surface area contributed by atoms with E-state index >= 15 is 0 Å². The molecule has 3 aliphatic rings. The van der Waals surface area contributed by atoms with Crippen LogP contribution in [-0.4, -0.2) is 95.4 Å². The first kappa shape index (κ1) is 22.7. The quantitative estimate of drug-likeness (QED) is 0.703. The van der Waals surface area contributed by atoms with Gasteiger partial charge in [0.1, 0.15) is 0 Å². The van der Waals surface area contributed by atoms with Gasteiger partial charge in [-0.15, -0.1) is 0 Å². The molecule has 8 heteroatoms. The number of hydrogen-bond donors (Lipinski definition) is 2. The molecule has 2 N–H and O–H groups in total. The summed E-state index contributed by atoms with van der Waals surface area (Å²) in [6.45, 7) is 5.54. The summed E-state index contributed by atoms with van der Waals surface area (Å²) in [5.74, 6) is -0.0217. The molecule has 0 aliphatic carbocycles. The van der Waals surface area contributed by atoms with Crippen LogP contribution in [0.4, 0.5) is 10.5 Å². The van der Waals surface area contributed by atoms with Crippen molar-refractivity contribution in [1.29, 1.82) is 0 Å². The highest BCUT2D eigenvalue weighted by atomic mass is 16.4. The van der Waals surface area contributed by atoms with Crippen molar-refractivity contribution < 1.29 is 19.8 Å². The molecule has 8 nitrogen and oxygen atoms in total. The molecule has 1 saturated heterocycles. The van der Waals surface area contributed by atoms with Crippen LogP contribution in [0, 0.1) is 0 Å². The van der Waals surface area contributed by atoms with E-state index in [9.17, 15) is 14.7 Å². The van der Waals surface area contributed by atoms with Gasteiger partial charge in [-0.2, -0.15) is 0 Å². The fourth-order valence-corrected chi connectivity index (χ4v) is 5.37. The average molecular weight is 465 g/mol. The molecule has 3 aliphatic heterocycles. The van der Waals surface area contributed by atoms with Crippen molar-refractivity contribution in [3.63, 3.8) is 0 Å². The molecule has 2 amide bonds. The molecular formula is C26H32N4O4. The van der Waals surface area contributed by atoms with Crippen molar-refractivity contribution in [3.8, 4) is 0 Å². The number of nitrogens with zero attached hydrogens (tertiary/aromatic N) is 4. The minimum atomic E-state index is -0.872. The third-order valence-electron chi connectivity index (χ3n) is 7.28. The summed E-state index contributed by atoms with van der Waals surface area (Å²) in [7, 11) is 0. The molecule has 2 aromatic carbocycles.